The first kappa shape index (κ1) is 20.3. The van der Waals surface area contributed by atoms with Gasteiger partial charge in [0.15, 0.2) is 5.11 Å². The van der Waals surface area contributed by atoms with Crippen molar-refractivity contribution in [3.8, 4) is 0 Å². The molecule has 3 rings (SSSR count). The quantitative estimate of drug-likeness (QED) is 0.587. The van der Waals surface area contributed by atoms with E-state index < -0.39 is 0 Å². The molecule has 0 unspecified atom stereocenters. The Labute approximate surface area is 173 Å². The number of nitrogens with zero attached hydrogens (tertiary/aromatic N) is 4. The molecule has 0 amide bonds. The van der Waals surface area contributed by atoms with Crippen molar-refractivity contribution in [3.63, 3.8) is 0 Å². The maximum Gasteiger partial charge on any atom is 0.175 e. The smallest absolute Gasteiger partial charge is 0.175 e. The lowest BCUT2D eigenvalue weighted by Crippen LogP contribution is -2.20. The summed E-state index contributed by atoms with van der Waals surface area (Å²) in [6, 6.07) is 4.65. The number of aromatic nitrogens is 4. The van der Waals surface area contributed by atoms with Gasteiger partial charge >= 0.3 is 0 Å². The van der Waals surface area contributed by atoms with Gasteiger partial charge in [-0.05, 0) is 52.0 Å². The number of anilines is 2. The molecule has 0 aliphatic carbocycles. The van der Waals surface area contributed by atoms with E-state index in [1.165, 1.54) is 6.07 Å². The molecule has 2 aromatic heterocycles. The fourth-order valence-electron chi connectivity index (χ4n) is 3.02. The molecule has 148 valence electrons. The van der Waals surface area contributed by atoms with Crippen LogP contribution in [0.1, 0.15) is 29.6 Å². The van der Waals surface area contributed by atoms with Gasteiger partial charge in [-0.2, -0.15) is 10.2 Å². The molecule has 2 N–H and O–H groups in total. The van der Waals surface area contributed by atoms with Gasteiger partial charge in [0, 0.05) is 17.1 Å². The number of rotatable bonds is 5. The maximum atomic E-state index is 14.1. The highest BCUT2D eigenvalue weighted by molar-refractivity contribution is 7.80. The Morgan fingerprint density at radius 2 is 1.93 bits per heavy atom. The van der Waals surface area contributed by atoms with Crippen LogP contribution in [0.2, 0.25) is 5.02 Å². The van der Waals surface area contributed by atoms with Gasteiger partial charge in [0.1, 0.15) is 5.82 Å². The van der Waals surface area contributed by atoms with E-state index in [1.807, 2.05) is 32.4 Å². The maximum absolute atomic E-state index is 14.1. The highest BCUT2D eigenvalue weighted by Crippen LogP contribution is 2.25. The van der Waals surface area contributed by atoms with Gasteiger partial charge in [-0.25, -0.2) is 4.39 Å². The molecule has 6 nitrogen and oxygen atoms in total. The molecule has 0 aliphatic rings. The van der Waals surface area contributed by atoms with E-state index in [2.05, 4.69) is 20.8 Å². The SMILES string of the molecule is CCn1ncc(NC(=S)Nc2c(C)nn(Cc3c(F)cccc3Cl)c2C)c1C. The lowest BCUT2D eigenvalue weighted by Gasteiger charge is -2.11. The minimum Gasteiger partial charge on any atom is -0.330 e. The van der Waals surface area contributed by atoms with E-state index in [4.69, 9.17) is 23.8 Å². The molecular weight excluding hydrogens is 399 g/mol. The van der Waals surface area contributed by atoms with Gasteiger partial charge in [-0.3, -0.25) is 9.36 Å². The third-order valence-electron chi connectivity index (χ3n) is 4.64. The predicted molar refractivity (Wildman–Crippen MR) is 115 cm³/mol. The zero-order chi connectivity index (χ0) is 20.4. The molecule has 0 atom stereocenters. The predicted octanol–water partition coefficient (Wildman–Crippen LogP) is 4.67. The van der Waals surface area contributed by atoms with Crippen LogP contribution in [0.25, 0.3) is 0 Å². The third-order valence-corrected chi connectivity index (χ3v) is 5.20. The van der Waals surface area contributed by atoms with Crippen molar-refractivity contribution in [2.45, 2.75) is 40.8 Å². The van der Waals surface area contributed by atoms with E-state index in [-0.39, 0.29) is 12.4 Å². The van der Waals surface area contributed by atoms with Gasteiger partial charge in [0.05, 0.1) is 41.2 Å². The second-order valence-electron chi connectivity index (χ2n) is 6.44. The lowest BCUT2D eigenvalue weighted by molar-refractivity contribution is 0.579. The standard InChI is InChI=1S/C19H22ClFN6S/c1-5-26-12(3)17(9-22-26)23-19(28)24-18-11(2)25-27(13(18)4)10-14-15(20)7-6-8-16(14)21/h6-9H,5,10H2,1-4H3,(H2,23,24,28). The van der Waals surface area contributed by atoms with E-state index in [1.54, 1.807) is 23.0 Å². The molecule has 0 saturated carbocycles. The average Bonchev–Trinajstić information content (AvgIpc) is 3.12. The number of benzene rings is 1. The van der Waals surface area contributed by atoms with E-state index in [9.17, 15) is 4.39 Å². The molecule has 3 aromatic rings. The first-order valence-electron chi connectivity index (χ1n) is 8.89. The van der Waals surface area contributed by atoms with Crippen LogP contribution in [-0.2, 0) is 13.1 Å². The zero-order valence-electron chi connectivity index (χ0n) is 16.2. The summed E-state index contributed by atoms with van der Waals surface area (Å²) in [5.41, 5.74) is 4.64. The van der Waals surface area contributed by atoms with Crippen molar-refractivity contribution in [2.75, 3.05) is 10.6 Å². The summed E-state index contributed by atoms with van der Waals surface area (Å²) in [6.45, 7) is 8.81. The van der Waals surface area contributed by atoms with Crippen LogP contribution in [0.4, 0.5) is 15.8 Å². The van der Waals surface area contributed by atoms with Gasteiger partial charge in [-0.1, -0.05) is 17.7 Å². The fourth-order valence-corrected chi connectivity index (χ4v) is 3.45. The second kappa shape index (κ2) is 8.28. The summed E-state index contributed by atoms with van der Waals surface area (Å²) in [4.78, 5) is 0. The first-order chi connectivity index (χ1) is 13.3. The number of hydrogen-bond acceptors (Lipinski definition) is 3. The Hall–Kier alpha value is -2.45. The number of thiocarbonyl (C=S) groups is 1. The van der Waals surface area contributed by atoms with E-state index in [0.29, 0.717) is 15.7 Å². The minimum atomic E-state index is -0.352. The molecule has 0 bridgehead atoms. The molecule has 0 aliphatic heterocycles. The molecule has 0 radical (unpaired) electrons. The van der Waals surface area contributed by atoms with Crippen LogP contribution < -0.4 is 10.6 Å². The van der Waals surface area contributed by atoms with Crippen molar-refractivity contribution in [2.24, 2.45) is 0 Å². The summed E-state index contributed by atoms with van der Waals surface area (Å²) >= 11 is 11.6. The number of aryl methyl sites for hydroxylation is 2. The molecule has 2 heterocycles. The van der Waals surface area contributed by atoms with Crippen molar-refractivity contribution in [1.82, 2.24) is 19.6 Å². The van der Waals surface area contributed by atoms with Gasteiger partial charge < -0.3 is 10.6 Å². The van der Waals surface area contributed by atoms with Crippen LogP contribution >= 0.6 is 23.8 Å². The average molecular weight is 421 g/mol. The monoisotopic (exact) mass is 420 g/mol. The van der Waals surface area contributed by atoms with Gasteiger partial charge in [-0.15, -0.1) is 0 Å². The Morgan fingerprint density at radius 3 is 2.57 bits per heavy atom. The van der Waals surface area contributed by atoms with Crippen molar-refractivity contribution < 1.29 is 4.39 Å². The summed E-state index contributed by atoms with van der Waals surface area (Å²) in [7, 11) is 0. The van der Waals surface area contributed by atoms with Crippen LogP contribution in [0.15, 0.2) is 24.4 Å². The molecular formula is C19H22ClFN6S. The van der Waals surface area contributed by atoms with E-state index in [0.717, 1.165) is 35.0 Å². The Bertz CT molecular complexity index is 1010. The second-order valence-corrected chi connectivity index (χ2v) is 7.26. The largest absolute Gasteiger partial charge is 0.330 e. The molecule has 0 fully saturated rings. The number of halogens is 2. The number of nitrogens with one attached hydrogen (secondary N) is 2. The van der Waals surface area contributed by atoms with Crippen molar-refractivity contribution in [3.05, 3.63) is 57.9 Å². The van der Waals surface area contributed by atoms with E-state index >= 15 is 0 Å². The Kier molecular flexibility index (Phi) is 6.00. The molecule has 0 saturated heterocycles. The van der Waals surface area contributed by atoms with Gasteiger partial charge in [0.25, 0.3) is 0 Å². The van der Waals surface area contributed by atoms with Crippen molar-refractivity contribution in [1.29, 1.82) is 0 Å². The molecule has 9 heteroatoms. The third kappa shape index (κ3) is 4.02. The minimum absolute atomic E-state index is 0.239. The van der Waals surface area contributed by atoms with Crippen LogP contribution in [0.3, 0.4) is 0 Å². The summed E-state index contributed by atoms with van der Waals surface area (Å²) < 4.78 is 17.7. The summed E-state index contributed by atoms with van der Waals surface area (Å²) in [5, 5.41) is 16.0. The van der Waals surface area contributed by atoms with Crippen molar-refractivity contribution >= 4 is 40.3 Å². The number of hydrogen-bond donors (Lipinski definition) is 2. The normalized spacial score (nSPS) is 10.9. The Balaban J connectivity index is 1.78. The Morgan fingerprint density at radius 1 is 1.18 bits per heavy atom. The highest BCUT2D eigenvalue weighted by atomic mass is 35.5. The highest BCUT2D eigenvalue weighted by Gasteiger charge is 2.16. The zero-order valence-corrected chi connectivity index (χ0v) is 17.7. The van der Waals surface area contributed by atoms with Gasteiger partial charge in [0.2, 0.25) is 0 Å². The van der Waals surface area contributed by atoms with Crippen LogP contribution in [0.5, 0.6) is 0 Å². The summed E-state index contributed by atoms with van der Waals surface area (Å²) in [6.07, 6.45) is 1.75. The molecule has 28 heavy (non-hydrogen) atoms. The first-order valence-corrected chi connectivity index (χ1v) is 9.67. The topological polar surface area (TPSA) is 59.7 Å². The fraction of sp³-hybridized carbons (Fsp3) is 0.316. The molecule has 0 spiro atoms. The van der Waals surface area contributed by atoms with Crippen LogP contribution in [-0.4, -0.2) is 24.7 Å². The van der Waals surface area contributed by atoms with Crippen LogP contribution in [0, 0.1) is 26.6 Å². The molecule has 1 aromatic carbocycles. The lowest BCUT2D eigenvalue weighted by atomic mass is 10.2. The summed E-state index contributed by atoms with van der Waals surface area (Å²) in [5.74, 6) is -0.352.